The summed E-state index contributed by atoms with van der Waals surface area (Å²) in [7, 11) is 0. The van der Waals surface area contributed by atoms with Crippen LogP contribution >= 0.6 is 11.6 Å². The van der Waals surface area contributed by atoms with Gasteiger partial charge >= 0.3 is 0 Å². The maximum absolute atomic E-state index is 11.5. The van der Waals surface area contributed by atoms with E-state index >= 15 is 0 Å². The van der Waals surface area contributed by atoms with Gasteiger partial charge in [-0.1, -0.05) is 25.4 Å². The van der Waals surface area contributed by atoms with Crippen molar-refractivity contribution in [1.82, 2.24) is 15.5 Å². The number of aromatic nitrogens is 2. The number of amides is 1. The zero-order valence-corrected chi connectivity index (χ0v) is 10.7. The van der Waals surface area contributed by atoms with Crippen molar-refractivity contribution in [3.63, 3.8) is 0 Å². The molecular formula is C11H16ClN3O2. The van der Waals surface area contributed by atoms with Crippen LogP contribution in [0.3, 0.4) is 0 Å². The number of hydrogen-bond donors (Lipinski definition) is 1. The van der Waals surface area contributed by atoms with E-state index in [1.54, 1.807) is 0 Å². The van der Waals surface area contributed by atoms with E-state index in [-0.39, 0.29) is 16.8 Å². The van der Waals surface area contributed by atoms with Gasteiger partial charge in [0.05, 0.1) is 6.61 Å². The van der Waals surface area contributed by atoms with Gasteiger partial charge in [0.15, 0.2) is 10.8 Å². The summed E-state index contributed by atoms with van der Waals surface area (Å²) in [6.45, 7) is 5.78. The highest BCUT2D eigenvalue weighted by Crippen LogP contribution is 2.01. The fourth-order valence-electron chi connectivity index (χ4n) is 1.08. The molecule has 17 heavy (non-hydrogen) atoms. The molecule has 1 N–H and O–H groups in total. The quantitative estimate of drug-likeness (QED) is 0.785. The van der Waals surface area contributed by atoms with E-state index in [1.165, 1.54) is 12.1 Å². The minimum absolute atomic E-state index is 0.248. The molecular weight excluding hydrogens is 242 g/mol. The molecule has 0 aliphatic carbocycles. The van der Waals surface area contributed by atoms with E-state index in [2.05, 4.69) is 29.4 Å². The molecule has 1 aromatic heterocycles. The summed E-state index contributed by atoms with van der Waals surface area (Å²) >= 11 is 5.57. The van der Waals surface area contributed by atoms with Gasteiger partial charge in [-0.05, 0) is 18.1 Å². The van der Waals surface area contributed by atoms with Crippen LogP contribution in [0.5, 0.6) is 0 Å². The second-order valence-corrected chi connectivity index (χ2v) is 4.35. The number of nitrogens with zero attached hydrogens (tertiary/aromatic N) is 2. The van der Waals surface area contributed by atoms with Crippen LogP contribution in [0, 0.1) is 5.92 Å². The smallest absolute Gasteiger partial charge is 0.271 e. The maximum Gasteiger partial charge on any atom is 0.271 e. The number of nitrogens with one attached hydrogen (secondary N) is 1. The third kappa shape index (κ3) is 5.60. The molecule has 1 rings (SSSR count). The van der Waals surface area contributed by atoms with Crippen molar-refractivity contribution < 1.29 is 9.53 Å². The van der Waals surface area contributed by atoms with Crippen LogP contribution in [0.4, 0.5) is 0 Å². The molecule has 0 spiro atoms. The predicted octanol–water partition coefficient (Wildman–Crippen LogP) is 1.53. The SMILES string of the molecule is CC(C)COCCNC(=O)c1ccc(Cl)nn1. The number of halogens is 1. The lowest BCUT2D eigenvalue weighted by molar-refractivity contribution is 0.0881. The van der Waals surface area contributed by atoms with Crippen molar-refractivity contribution in [2.75, 3.05) is 19.8 Å². The van der Waals surface area contributed by atoms with E-state index < -0.39 is 0 Å². The molecule has 0 atom stereocenters. The third-order valence-electron chi connectivity index (χ3n) is 1.85. The average Bonchev–Trinajstić information content (AvgIpc) is 2.29. The van der Waals surface area contributed by atoms with Gasteiger partial charge in [-0.15, -0.1) is 10.2 Å². The van der Waals surface area contributed by atoms with Gasteiger partial charge in [0.2, 0.25) is 0 Å². The van der Waals surface area contributed by atoms with Gasteiger partial charge in [-0.3, -0.25) is 4.79 Å². The van der Waals surface area contributed by atoms with Crippen LogP contribution in [0.25, 0.3) is 0 Å². The average molecular weight is 258 g/mol. The van der Waals surface area contributed by atoms with Gasteiger partial charge < -0.3 is 10.1 Å². The van der Waals surface area contributed by atoms with E-state index in [0.717, 1.165) is 0 Å². The Kier molecular flexibility index (Phi) is 5.86. The standard InChI is InChI=1S/C11H16ClN3O2/c1-8(2)7-17-6-5-13-11(16)9-3-4-10(12)15-14-9/h3-4,8H,5-7H2,1-2H3,(H,13,16). The van der Waals surface area contributed by atoms with Crippen molar-refractivity contribution in [3.8, 4) is 0 Å². The first-order valence-electron chi connectivity index (χ1n) is 5.44. The molecule has 0 saturated carbocycles. The van der Waals surface area contributed by atoms with Crippen LogP contribution in [0.2, 0.25) is 5.15 Å². The van der Waals surface area contributed by atoms with Gasteiger partial charge in [-0.25, -0.2) is 0 Å². The predicted molar refractivity (Wildman–Crippen MR) is 65.0 cm³/mol. The normalized spacial score (nSPS) is 10.6. The summed E-state index contributed by atoms with van der Waals surface area (Å²) in [5, 5.41) is 10.2. The van der Waals surface area contributed by atoms with Crippen molar-refractivity contribution in [2.24, 2.45) is 5.92 Å². The number of carbonyl (C=O) groups excluding carboxylic acids is 1. The highest BCUT2D eigenvalue weighted by molar-refractivity contribution is 6.29. The van der Waals surface area contributed by atoms with Gasteiger partial charge in [0.25, 0.3) is 5.91 Å². The fraction of sp³-hybridized carbons (Fsp3) is 0.545. The summed E-state index contributed by atoms with van der Waals surface area (Å²) in [4.78, 5) is 11.5. The summed E-state index contributed by atoms with van der Waals surface area (Å²) < 4.78 is 5.33. The Balaban J connectivity index is 2.23. The number of ether oxygens (including phenoxy) is 1. The second-order valence-electron chi connectivity index (χ2n) is 3.97. The molecule has 0 unspecified atom stereocenters. The number of carbonyl (C=O) groups is 1. The van der Waals surface area contributed by atoms with Gasteiger partial charge in [0, 0.05) is 13.2 Å². The lowest BCUT2D eigenvalue weighted by Gasteiger charge is -2.07. The Hall–Kier alpha value is -1.20. The summed E-state index contributed by atoms with van der Waals surface area (Å²) in [6, 6.07) is 3.05. The molecule has 0 aliphatic heterocycles. The molecule has 0 aliphatic rings. The van der Waals surface area contributed by atoms with Crippen LogP contribution in [-0.4, -0.2) is 35.9 Å². The Morgan fingerprint density at radius 3 is 2.82 bits per heavy atom. The van der Waals surface area contributed by atoms with Crippen LogP contribution in [0.15, 0.2) is 12.1 Å². The molecule has 0 radical (unpaired) electrons. The lowest BCUT2D eigenvalue weighted by atomic mass is 10.2. The minimum atomic E-state index is -0.276. The summed E-state index contributed by atoms with van der Waals surface area (Å²) in [5.41, 5.74) is 0.248. The van der Waals surface area contributed by atoms with Crippen molar-refractivity contribution in [2.45, 2.75) is 13.8 Å². The van der Waals surface area contributed by atoms with Crippen molar-refractivity contribution in [1.29, 1.82) is 0 Å². The molecule has 6 heteroatoms. The van der Waals surface area contributed by atoms with Gasteiger partial charge in [0.1, 0.15) is 0 Å². The van der Waals surface area contributed by atoms with Crippen LogP contribution in [0.1, 0.15) is 24.3 Å². The highest BCUT2D eigenvalue weighted by atomic mass is 35.5. The van der Waals surface area contributed by atoms with E-state index in [1.807, 2.05) is 0 Å². The minimum Gasteiger partial charge on any atom is -0.379 e. The highest BCUT2D eigenvalue weighted by Gasteiger charge is 2.06. The molecule has 0 bridgehead atoms. The first-order valence-corrected chi connectivity index (χ1v) is 5.82. The molecule has 0 aromatic carbocycles. The summed E-state index contributed by atoms with van der Waals surface area (Å²) in [5.74, 6) is 0.218. The molecule has 1 aromatic rings. The van der Waals surface area contributed by atoms with E-state index in [0.29, 0.717) is 25.7 Å². The molecule has 0 fully saturated rings. The molecule has 5 nitrogen and oxygen atoms in total. The first-order chi connectivity index (χ1) is 8.09. The zero-order valence-electron chi connectivity index (χ0n) is 9.94. The molecule has 1 heterocycles. The van der Waals surface area contributed by atoms with Crippen molar-refractivity contribution in [3.05, 3.63) is 23.0 Å². The Bertz CT molecular complexity index is 354. The topological polar surface area (TPSA) is 64.1 Å². The fourth-order valence-corrected chi connectivity index (χ4v) is 1.18. The largest absolute Gasteiger partial charge is 0.379 e. The van der Waals surface area contributed by atoms with Crippen molar-refractivity contribution >= 4 is 17.5 Å². The number of rotatable bonds is 6. The lowest BCUT2D eigenvalue weighted by Crippen LogP contribution is -2.28. The Labute approximate surface area is 106 Å². The molecule has 0 saturated heterocycles. The van der Waals surface area contributed by atoms with E-state index in [9.17, 15) is 4.79 Å². The Morgan fingerprint density at radius 1 is 1.47 bits per heavy atom. The third-order valence-corrected chi connectivity index (χ3v) is 2.05. The van der Waals surface area contributed by atoms with E-state index in [4.69, 9.17) is 16.3 Å². The van der Waals surface area contributed by atoms with Crippen LogP contribution in [-0.2, 0) is 4.74 Å². The molecule has 94 valence electrons. The monoisotopic (exact) mass is 257 g/mol. The second kappa shape index (κ2) is 7.19. The zero-order chi connectivity index (χ0) is 12.7. The number of hydrogen-bond acceptors (Lipinski definition) is 4. The van der Waals surface area contributed by atoms with Gasteiger partial charge in [-0.2, -0.15) is 0 Å². The first kappa shape index (κ1) is 13.9. The Morgan fingerprint density at radius 2 is 2.24 bits per heavy atom. The summed E-state index contributed by atoms with van der Waals surface area (Å²) in [6.07, 6.45) is 0. The molecule has 1 amide bonds. The maximum atomic E-state index is 11.5. The van der Waals surface area contributed by atoms with Crippen LogP contribution < -0.4 is 5.32 Å².